The van der Waals surface area contributed by atoms with Gasteiger partial charge in [0.25, 0.3) is 0 Å². The highest BCUT2D eigenvalue weighted by Gasteiger charge is 2.01. The summed E-state index contributed by atoms with van der Waals surface area (Å²) in [7, 11) is 2.16. The molecule has 0 heterocycles. The molecule has 0 unspecified atom stereocenters. The van der Waals surface area contributed by atoms with Crippen LogP contribution in [0.4, 0.5) is 0 Å². The highest BCUT2D eigenvalue weighted by atomic mass is 16.5. The Labute approximate surface area is 130 Å². The average molecular weight is 292 g/mol. The molecule has 0 aliphatic carbocycles. The van der Waals surface area contributed by atoms with E-state index in [0.29, 0.717) is 0 Å². The lowest BCUT2D eigenvalue weighted by atomic mass is 10.1. The van der Waals surface area contributed by atoms with E-state index in [4.69, 9.17) is 4.74 Å². The maximum Gasteiger partial charge on any atom is 0.119 e. The van der Waals surface area contributed by atoms with Crippen LogP contribution in [0.2, 0.25) is 0 Å². The SMILES string of the molecule is CCCNCc1ccc(OCCN(C)CCC(C)C)cc1. The van der Waals surface area contributed by atoms with Gasteiger partial charge in [0.15, 0.2) is 0 Å². The minimum atomic E-state index is 0.752. The van der Waals surface area contributed by atoms with Gasteiger partial charge in [-0.3, -0.25) is 0 Å². The summed E-state index contributed by atoms with van der Waals surface area (Å²) < 4.78 is 5.80. The molecule has 0 radical (unpaired) electrons. The van der Waals surface area contributed by atoms with E-state index in [1.54, 1.807) is 0 Å². The van der Waals surface area contributed by atoms with Gasteiger partial charge in [0.2, 0.25) is 0 Å². The van der Waals surface area contributed by atoms with Crippen LogP contribution in [0.25, 0.3) is 0 Å². The summed E-state index contributed by atoms with van der Waals surface area (Å²) in [6, 6.07) is 8.41. The molecule has 21 heavy (non-hydrogen) atoms. The average Bonchev–Trinajstić information content (AvgIpc) is 2.47. The first kappa shape index (κ1) is 18.0. The monoisotopic (exact) mass is 292 g/mol. The molecule has 1 aromatic rings. The third kappa shape index (κ3) is 8.74. The number of hydrogen-bond donors (Lipinski definition) is 1. The zero-order valence-corrected chi connectivity index (χ0v) is 14.2. The van der Waals surface area contributed by atoms with Gasteiger partial charge >= 0.3 is 0 Å². The second-order valence-electron chi connectivity index (χ2n) is 6.15. The summed E-state index contributed by atoms with van der Waals surface area (Å²) in [5, 5.41) is 3.40. The Balaban J connectivity index is 2.20. The predicted octanol–water partition coefficient (Wildman–Crippen LogP) is 3.54. The maximum atomic E-state index is 5.80. The summed E-state index contributed by atoms with van der Waals surface area (Å²) in [5.74, 6) is 1.73. The van der Waals surface area contributed by atoms with Crippen molar-refractivity contribution in [2.45, 2.75) is 40.2 Å². The smallest absolute Gasteiger partial charge is 0.119 e. The zero-order valence-electron chi connectivity index (χ0n) is 14.2. The lowest BCUT2D eigenvalue weighted by Gasteiger charge is -2.18. The van der Waals surface area contributed by atoms with Gasteiger partial charge < -0.3 is 15.0 Å². The first-order valence-electron chi connectivity index (χ1n) is 8.22. The number of ether oxygens (including phenoxy) is 1. The molecule has 0 bridgehead atoms. The molecule has 0 aromatic heterocycles. The van der Waals surface area contributed by atoms with Crippen LogP contribution in [0.3, 0.4) is 0 Å². The van der Waals surface area contributed by atoms with Crippen LogP contribution in [0, 0.1) is 5.92 Å². The molecule has 1 rings (SSSR count). The molecule has 3 nitrogen and oxygen atoms in total. The highest BCUT2D eigenvalue weighted by Crippen LogP contribution is 2.12. The quantitative estimate of drug-likeness (QED) is 0.631. The van der Waals surface area contributed by atoms with E-state index >= 15 is 0 Å². The third-order valence-electron chi connectivity index (χ3n) is 3.51. The molecule has 0 amide bonds. The van der Waals surface area contributed by atoms with Crippen molar-refractivity contribution in [2.75, 3.05) is 33.3 Å². The van der Waals surface area contributed by atoms with Crippen LogP contribution in [0.15, 0.2) is 24.3 Å². The fourth-order valence-corrected chi connectivity index (χ4v) is 2.02. The van der Waals surface area contributed by atoms with Crippen LogP contribution in [-0.4, -0.2) is 38.2 Å². The lowest BCUT2D eigenvalue weighted by Crippen LogP contribution is -2.26. The Morgan fingerprint density at radius 1 is 1.14 bits per heavy atom. The number of rotatable bonds is 11. The standard InChI is InChI=1S/C18H32N2O/c1-5-11-19-15-17-6-8-18(9-7-17)21-14-13-20(4)12-10-16(2)3/h6-9,16,19H,5,10-15H2,1-4H3. The zero-order chi connectivity index (χ0) is 15.5. The van der Waals surface area contributed by atoms with E-state index in [0.717, 1.165) is 44.5 Å². The largest absolute Gasteiger partial charge is 0.492 e. The Hall–Kier alpha value is -1.06. The topological polar surface area (TPSA) is 24.5 Å². The molecule has 3 heteroatoms. The minimum Gasteiger partial charge on any atom is -0.492 e. The van der Waals surface area contributed by atoms with Crippen molar-refractivity contribution in [2.24, 2.45) is 5.92 Å². The fourth-order valence-electron chi connectivity index (χ4n) is 2.02. The molecule has 120 valence electrons. The van der Waals surface area contributed by atoms with E-state index in [1.165, 1.54) is 18.4 Å². The summed E-state index contributed by atoms with van der Waals surface area (Å²) in [4.78, 5) is 2.34. The Kier molecular flexibility index (Phi) is 9.11. The van der Waals surface area contributed by atoms with Gasteiger partial charge in [0.05, 0.1) is 0 Å². The van der Waals surface area contributed by atoms with E-state index in [9.17, 15) is 0 Å². The molecule has 0 aliphatic heterocycles. The van der Waals surface area contributed by atoms with Crippen LogP contribution >= 0.6 is 0 Å². The van der Waals surface area contributed by atoms with Gasteiger partial charge in [-0.25, -0.2) is 0 Å². The molecule has 0 saturated heterocycles. The number of likely N-dealkylation sites (N-methyl/N-ethyl adjacent to an activating group) is 1. The van der Waals surface area contributed by atoms with E-state index in [-0.39, 0.29) is 0 Å². The van der Waals surface area contributed by atoms with E-state index < -0.39 is 0 Å². The van der Waals surface area contributed by atoms with Crippen LogP contribution < -0.4 is 10.1 Å². The van der Waals surface area contributed by atoms with Gasteiger partial charge in [0.1, 0.15) is 12.4 Å². The fraction of sp³-hybridized carbons (Fsp3) is 0.667. The Morgan fingerprint density at radius 3 is 2.48 bits per heavy atom. The molecule has 0 atom stereocenters. The third-order valence-corrected chi connectivity index (χ3v) is 3.51. The van der Waals surface area contributed by atoms with Crippen molar-refractivity contribution < 1.29 is 4.74 Å². The predicted molar refractivity (Wildman–Crippen MR) is 90.9 cm³/mol. The molecule has 0 saturated carbocycles. The summed E-state index contributed by atoms with van der Waals surface area (Å²) >= 11 is 0. The minimum absolute atomic E-state index is 0.752. The number of nitrogens with one attached hydrogen (secondary N) is 1. The lowest BCUT2D eigenvalue weighted by molar-refractivity contribution is 0.230. The van der Waals surface area contributed by atoms with Crippen molar-refractivity contribution in [3.63, 3.8) is 0 Å². The van der Waals surface area contributed by atoms with Gasteiger partial charge in [-0.1, -0.05) is 32.9 Å². The molecule has 0 spiro atoms. The molecule has 1 aromatic carbocycles. The number of hydrogen-bond acceptors (Lipinski definition) is 3. The van der Waals surface area contributed by atoms with Gasteiger partial charge in [0, 0.05) is 13.1 Å². The van der Waals surface area contributed by atoms with Crippen LogP contribution in [0.5, 0.6) is 5.75 Å². The molecule has 0 fully saturated rings. The first-order valence-corrected chi connectivity index (χ1v) is 8.22. The molecular formula is C18H32N2O. The van der Waals surface area contributed by atoms with E-state index in [1.807, 2.05) is 0 Å². The molecular weight excluding hydrogens is 260 g/mol. The normalized spacial score (nSPS) is 11.3. The number of nitrogens with zero attached hydrogens (tertiary/aromatic N) is 1. The number of benzene rings is 1. The second-order valence-corrected chi connectivity index (χ2v) is 6.15. The summed E-state index contributed by atoms with van der Waals surface area (Å²) in [6.45, 7) is 11.6. The molecule has 0 aliphatic rings. The summed E-state index contributed by atoms with van der Waals surface area (Å²) in [6.07, 6.45) is 2.42. The van der Waals surface area contributed by atoms with Crippen molar-refractivity contribution in [3.05, 3.63) is 29.8 Å². The maximum absolute atomic E-state index is 5.80. The van der Waals surface area contributed by atoms with Crippen molar-refractivity contribution in [3.8, 4) is 5.75 Å². The van der Waals surface area contributed by atoms with Gasteiger partial charge in [-0.05, 0) is 56.6 Å². The van der Waals surface area contributed by atoms with Crippen LogP contribution in [-0.2, 0) is 6.54 Å². The Bertz CT molecular complexity index is 362. The second kappa shape index (κ2) is 10.6. The van der Waals surface area contributed by atoms with Crippen LogP contribution in [0.1, 0.15) is 39.2 Å². The van der Waals surface area contributed by atoms with Gasteiger partial charge in [-0.2, -0.15) is 0 Å². The van der Waals surface area contributed by atoms with Crippen molar-refractivity contribution >= 4 is 0 Å². The summed E-state index contributed by atoms with van der Waals surface area (Å²) in [5.41, 5.74) is 1.31. The first-order chi connectivity index (χ1) is 10.1. The highest BCUT2D eigenvalue weighted by molar-refractivity contribution is 5.27. The van der Waals surface area contributed by atoms with Crippen molar-refractivity contribution in [1.82, 2.24) is 10.2 Å². The van der Waals surface area contributed by atoms with Gasteiger partial charge in [-0.15, -0.1) is 0 Å². The molecule has 1 N–H and O–H groups in total. The Morgan fingerprint density at radius 2 is 1.86 bits per heavy atom. The van der Waals surface area contributed by atoms with Crippen molar-refractivity contribution in [1.29, 1.82) is 0 Å². The van der Waals surface area contributed by atoms with E-state index in [2.05, 4.69) is 62.3 Å².